The van der Waals surface area contributed by atoms with Crippen LogP contribution in [-0.2, 0) is 35.1 Å². The Hall–Kier alpha value is -3.23. The molecule has 3 unspecified atom stereocenters. The van der Waals surface area contributed by atoms with E-state index >= 15 is 0 Å². The molecule has 1 rings (SSSR count). The van der Waals surface area contributed by atoms with Crippen LogP contribution in [0, 0.1) is 5.92 Å². The summed E-state index contributed by atoms with van der Waals surface area (Å²) in [5.41, 5.74) is 0.853. The summed E-state index contributed by atoms with van der Waals surface area (Å²) in [6.45, 7) is 8.52. The number of ketones is 1. The number of ether oxygens (including phenoxy) is 1. The number of hydrogen-bond acceptors (Lipinski definition) is 6. The number of carbonyl (C=O) groups excluding carboxylic acids is 5. The van der Waals surface area contributed by atoms with E-state index in [0.717, 1.165) is 31.2 Å². The van der Waals surface area contributed by atoms with Gasteiger partial charge in [-0.3, -0.25) is 19.2 Å². The topological polar surface area (TPSA) is 131 Å². The maximum atomic E-state index is 12.7. The van der Waals surface area contributed by atoms with E-state index in [-0.39, 0.29) is 43.0 Å². The zero-order valence-electron chi connectivity index (χ0n) is 23.5. The highest BCUT2D eigenvalue weighted by Crippen LogP contribution is 2.15. The fourth-order valence-corrected chi connectivity index (χ4v) is 4.04. The Labute approximate surface area is 226 Å². The molecule has 0 aromatic heterocycles. The number of nitrogens with one attached hydrogen (secondary N) is 3. The van der Waals surface area contributed by atoms with Crippen molar-refractivity contribution in [1.29, 1.82) is 0 Å². The van der Waals surface area contributed by atoms with E-state index in [1.54, 1.807) is 13.8 Å². The molecule has 0 bridgehead atoms. The maximum Gasteiger partial charge on any atom is 0.328 e. The Kier molecular flexibility index (Phi) is 15.6. The Bertz CT molecular complexity index is 903. The van der Waals surface area contributed by atoms with Crippen LogP contribution in [0.5, 0.6) is 0 Å². The molecule has 9 nitrogen and oxygen atoms in total. The molecule has 0 saturated heterocycles. The maximum absolute atomic E-state index is 12.7. The lowest BCUT2D eigenvalue weighted by atomic mass is 9.95. The number of amides is 3. The van der Waals surface area contributed by atoms with Crippen LogP contribution in [0.2, 0.25) is 0 Å². The molecule has 0 saturated carbocycles. The fourth-order valence-electron chi connectivity index (χ4n) is 4.04. The minimum Gasteiger partial charge on any atom is -0.461 e. The van der Waals surface area contributed by atoms with E-state index < -0.39 is 36.4 Å². The zero-order valence-corrected chi connectivity index (χ0v) is 23.5. The summed E-state index contributed by atoms with van der Waals surface area (Å²) in [5.74, 6) is -1.79. The molecule has 3 atom stereocenters. The summed E-state index contributed by atoms with van der Waals surface area (Å²) in [5, 5.41) is 7.72. The summed E-state index contributed by atoms with van der Waals surface area (Å²) in [6, 6.07) is 7.33. The standard InChI is InChI=1S/C29H45N3O6/c1-6-7-9-12-21(4)17-24(34)15-16-25(29(37)38-20(2)3)32-27(35)19-30-28(36)26(31-22(5)33)18-23-13-10-8-11-14-23/h8,10-11,13-14,20-21,25-26H,6-7,9,12,15-19H2,1-5H3,(H,30,36)(H,31,33)(H,32,35). The lowest BCUT2D eigenvalue weighted by Crippen LogP contribution is -2.51. The van der Waals surface area contributed by atoms with Gasteiger partial charge in [-0.2, -0.15) is 0 Å². The van der Waals surface area contributed by atoms with Gasteiger partial charge in [0.25, 0.3) is 0 Å². The molecule has 0 aliphatic carbocycles. The minimum atomic E-state index is -1.00. The smallest absolute Gasteiger partial charge is 0.328 e. The largest absolute Gasteiger partial charge is 0.461 e. The van der Waals surface area contributed by atoms with Crippen molar-refractivity contribution >= 4 is 29.5 Å². The van der Waals surface area contributed by atoms with Gasteiger partial charge in [0.2, 0.25) is 17.7 Å². The molecule has 3 amide bonds. The van der Waals surface area contributed by atoms with Gasteiger partial charge < -0.3 is 20.7 Å². The van der Waals surface area contributed by atoms with Gasteiger partial charge in [0.15, 0.2) is 0 Å². The quantitative estimate of drug-likeness (QED) is 0.197. The van der Waals surface area contributed by atoms with Gasteiger partial charge in [-0.1, -0.05) is 69.9 Å². The summed E-state index contributed by atoms with van der Waals surface area (Å²) in [6.07, 6.45) is 4.92. The average Bonchev–Trinajstić information content (AvgIpc) is 2.84. The summed E-state index contributed by atoms with van der Waals surface area (Å²) in [7, 11) is 0. The minimum absolute atomic E-state index is 0.0398. The van der Waals surface area contributed by atoms with Crippen molar-refractivity contribution in [2.24, 2.45) is 5.92 Å². The van der Waals surface area contributed by atoms with Crippen LogP contribution in [0.25, 0.3) is 0 Å². The van der Waals surface area contributed by atoms with E-state index in [9.17, 15) is 24.0 Å². The third-order valence-corrected chi connectivity index (χ3v) is 5.96. The van der Waals surface area contributed by atoms with Crippen molar-refractivity contribution in [3.8, 4) is 0 Å². The van der Waals surface area contributed by atoms with Crippen molar-refractivity contribution in [2.75, 3.05) is 6.54 Å². The fraction of sp³-hybridized carbons (Fsp3) is 0.621. The Morgan fingerprint density at radius 3 is 2.18 bits per heavy atom. The van der Waals surface area contributed by atoms with Gasteiger partial charge in [0.1, 0.15) is 17.9 Å². The lowest BCUT2D eigenvalue weighted by Gasteiger charge is -2.20. The Balaban J connectivity index is 2.68. The van der Waals surface area contributed by atoms with Crippen molar-refractivity contribution in [1.82, 2.24) is 16.0 Å². The second-order valence-corrected chi connectivity index (χ2v) is 10.1. The van der Waals surface area contributed by atoms with E-state index in [1.807, 2.05) is 30.3 Å². The van der Waals surface area contributed by atoms with Crippen molar-refractivity contribution in [3.63, 3.8) is 0 Å². The van der Waals surface area contributed by atoms with Crippen LogP contribution in [0.1, 0.15) is 85.1 Å². The van der Waals surface area contributed by atoms with Crippen LogP contribution in [0.4, 0.5) is 0 Å². The van der Waals surface area contributed by atoms with Gasteiger partial charge in [0, 0.05) is 26.2 Å². The van der Waals surface area contributed by atoms with Crippen LogP contribution < -0.4 is 16.0 Å². The number of hydrogen-bond donors (Lipinski definition) is 3. The van der Waals surface area contributed by atoms with Crippen LogP contribution >= 0.6 is 0 Å². The first kappa shape index (κ1) is 32.8. The molecule has 0 aliphatic heterocycles. The van der Waals surface area contributed by atoms with Crippen LogP contribution in [0.3, 0.4) is 0 Å². The third kappa shape index (κ3) is 14.5. The molecule has 0 heterocycles. The predicted octanol–water partition coefficient (Wildman–Crippen LogP) is 3.24. The van der Waals surface area contributed by atoms with E-state index in [0.29, 0.717) is 6.42 Å². The highest BCUT2D eigenvalue weighted by atomic mass is 16.5. The van der Waals surface area contributed by atoms with Crippen molar-refractivity contribution < 1.29 is 28.7 Å². The number of Topliss-reactive ketones (excluding diaryl/α,β-unsaturated/α-hetero) is 1. The van der Waals surface area contributed by atoms with E-state index in [1.165, 1.54) is 6.92 Å². The monoisotopic (exact) mass is 531 g/mol. The van der Waals surface area contributed by atoms with Crippen molar-refractivity contribution in [3.05, 3.63) is 35.9 Å². The highest BCUT2D eigenvalue weighted by molar-refractivity contribution is 5.91. The second-order valence-electron chi connectivity index (χ2n) is 10.1. The SMILES string of the molecule is CCCCCC(C)CC(=O)CCC(NC(=O)CNC(=O)C(Cc1ccccc1)NC(C)=O)C(=O)OC(C)C. The molecule has 0 fully saturated rings. The lowest BCUT2D eigenvalue weighted by molar-refractivity contribution is -0.151. The van der Waals surface area contributed by atoms with Gasteiger partial charge in [0.05, 0.1) is 12.6 Å². The first-order chi connectivity index (χ1) is 18.0. The zero-order chi connectivity index (χ0) is 28.5. The molecule has 1 aromatic rings. The summed E-state index contributed by atoms with van der Waals surface area (Å²) in [4.78, 5) is 62.0. The van der Waals surface area contributed by atoms with Gasteiger partial charge in [-0.05, 0) is 31.7 Å². The summed E-state index contributed by atoms with van der Waals surface area (Å²) < 4.78 is 5.27. The predicted molar refractivity (Wildman–Crippen MR) is 146 cm³/mol. The number of rotatable bonds is 18. The molecule has 0 aliphatic rings. The summed E-state index contributed by atoms with van der Waals surface area (Å²) >= 11 is 0. The molecule has 0 radical (unpaired) electrons. The molecule has 212 valence electrons. The molecule has 0 spiro atoms. The first-order valence-electron chi connectivity index (χ1n) is 13.6. The Morgan fingerprint density at radius 2 is 1.58 bits per heavy atom. The van der Waals surface area contributed by atoms with Crippen LogP contribution in [-0.4, -0.2) is 54.2 Å². The molecule has 3 N–H and O–H groups in total. The number of benzene rings is 1. The molecule has 1 aromatic carbocycles. The normalized spacial score (nSPS) is 13.2. The van der Waals surface area contributed by atoms with E-state index in [2.05, 4.69) is 29.8 Å². The average molecular weight is 532 g/mol. The van der Waals surface area contributed by atoms with Gasteiger partial charge in [-0.15, -0.1) is 0 Å². The first-order valence-corrected chi connectivity index (χ1v) is 13.6. The highest BCUT2D eigenvalue weighted by Gasteiger charge is 2.26. The molecular formula is C29H45N3O6. The molecular weight excluding hydrogens is 486 g/mol. The molecule has 38 heavy (non-hydrogen) atoms. The van der Waals surface area contributed by atoms with E-state index in [4.69, 9.17) is 4.74 Å². The second kappa shape index (κ2) is 18.1. The molecule has 9 heteroatoms. The van der Waals surface area contributed by atoms with Gasteiger partial charge in [-0.25, -0.2) is 4.79 Å². The number of unbranched alkanes of at least 4 members (excludes halogenated alkanes) is 2. The van der Waals surface area contributed by atoms with Crippen molar-refractivity contribution in [2.45, 2.75) is 104 Å². The third-order valence-electron chi connectivity index (χ3n) is 5.96. The Morgan fingerprint density at radius 1 is 0.895 bits per heavy atom. The number of esters is 1. The van der Waals surface area contributed by atoms with Crippen LogP contribution in [0.15, 0.2) is 30.3 Å². The van der Waals surface area contributed by atoms with Gasteiger partial charge >= 0.3 is 5.97 Å². The number of carbonyl (C=O) groups is 5.